The first-order chi connectivity index (χ1) is 9.24. The van der Waals surface area contributed by atoms with E-state index in [1.54, 1.807) is 0 Å². The molecule has 1 aromatic rings. The molecule has 104 valence electrons. The van der Waals surface area contributed by atoms with E-state index in [1.807, 2.05) is 0 Å². The highest BCUT2D eigenvalue weighted by molar-refractivity contribution is 5.52. The maximum absolute atomic E-state index is 5.51. The zero-order chi connectivity index (χ0) is 13.2. The summed E-state index contributed by atoms with van der Waals surface area (Å²) in [6.07, 6.45) is 2.70. The molecular formula is C16H24N2O. The monoisotopic (exact) mass is 260 g/mol. The molecule has 0 aromatic heterocycles. The SMILES string of the molecule is Cc1cc(N2CCOCC2C)ccc1CNC1CC1. The van der Waals surface area contributed by atoms with Crippen LogP contribution in [0.3, 0.4) is 0 Å². The Morgan fingerprint density at radius 3 is 2.89 bits per heavy atom. The van der Waals surface area contributed by atoms with Gasteiger partial charge in [0.1, 0.15) is 0 Å². The van der Waals surface area contributed by atoms with Crippen molar-refractivity contribution in [3.8, 4) is 0 Å². The van der Waals surface area contributed by atoms with Crippen molar-refractivity contribution < 1.29 is 4.74 Å². The number of hydrogen-bond acceptors (Lipinski definition) is 3. The number of anilines is 1. The summed E-state index contributed by atoms with van der Waals surface area (Å²) in [5.74, 6) is 0. The van der Waals surface area contributed by atoms with Gasteiger partial charge >= 0.3 is 0 Å². The average Bonchev–Trinajstić information content (AvgIpc) is 3.22. The molecule has 3 rings (SSSR count). The predicted molar refractivity (Wildman–Crippen MR) is 78.7 cm³/mol. The van der Waals surface area contributed by atoms with Gasteiger partial charge in [-0.2, -0.15) is 0 Å². The largest absolute Gasteiger partial charge is 0.377 e. The van der Waals surface area contributed by atoms with E-state index >= 15 is 0 Å². The van der Waals surface area contributed by atoms with Gasteiger partial charge in [-0.3, -0.25) is 0 Å². The molecule has 19 heavy (non-hydrogen) atoms. The van der Waals surface area contributed by atoms with Crippen molar-refractivity contribution >= 4 is 5.69 Å². The first kappa shape index (κ1) is 12.9. The van der Waals surface area contributed by atoms with E-state index < -0.39 is 0 Å². The lowest BCUT2D eigenvalue weighted by Crippen LogP contribution is -2.43. The molecule has 2 aliphatic rings. The van der Waals surface area contributed by atoms with E-state index in [4.69, 9.17) is 4.74 Å². The van der Waals surface area contributed by atoms with Gasteiger partial charge in [-0.1, -0.05) is 6.07 Å². The minimum absolute atomic E-state index is 0.476. The molecule has 1 atom stereocenters. The van der Waals surface area contributed by atoms with Gasteiger partial charge in [-0.15, -0.1) is 0 Å². The summed E-state index contributed by atoms with van der Waals surface area (Å²) in [6.45, 7) is 8.14. The van der Waals surface area contributed by atoms with Crippen LogP contribution in [0.2, 0.25) is 0 Å². The number of nitrogens with one attached hydrogen (secondary N) is 1. The second-order valence-corrected chi connectivity index (χ2v) is 5.88. The lowest BCUT2D eigenvalue weighted by Gasteiger charge is -2.35. The van der Waals surface area contributed by atoms with Crippen LogP contribution in [0.25, 0.3) is 0 Å². The lowest BCUT2D eigenvalue weighted by molar-refractivity contribution is 0.0989. The van der Waals surface area contributed by atoms with Crippen molar-refractivity contribution in [1.82, 2.24) is 5.32 Å². The molecule has 1 saturated carbocycles. The third-order valence-electron chi connectivity index (χ3n) is 4.18. The molecule has 0 amide bonds. The van der Waals surface area contributed by atoms with Crippen LogP contribution in [-0.2, 0) is 11.3 Å². The molecule has 0 bridgehead atoms. The van der Waals surface area contributed by atoms with Crippen molar-refractivity contribution in [1.29, 1.82) is 0 Å². The van der Waals surface area contributed by atoms with Gasteiger partial charge in [0.15, 0.2) is 0 Å². The summed E-state index contributed by atoms with van der Waals surface area (Å²) in [7, 11) is 0. The Balaban J connectivity index is 1.70. The van der Waals surface area contributed by atoms with Gasteiger partial charge < -0.3 is 15.0 Å². The molecule has 3 nitrogen and oxygen atoms in total. The Morgan fingerprint density at radius 2 is 2.21 bits per heavy atom. The fourth-order valence-corrected chi connectivity index (χ4v) is 2.71. The summed E-state index contributed by atoms with van der Waals surface area (Å²) in [4.78, 5) is 2.45. The maximum Gasteiger partial charge on any atom is 0.0668 e. The van der Waals surface area contributed by atoms with Gasteiger partial charge in [0.2, 0.25) is 0 Å². The highest BCUT2D eigenvalue weighted by Crippen LogP contribution is 2.24. The van der Waals surface area contributed by atoms with Crippen LogP contribution in [-0.4, -0.2) is 31.8 Å². The molecule has 2 fully saturated rings. The van der Waals surface area contributed by atoms with Crippen molar-refractivity contribution in [3.63, 3.8) is 0 Å². The third kappa shape index (κ3) is 3.10. The summed E-state index contributed by atoms with van der Waals surface area (Å²) in [5.41, 5.74) is 4.16. The Hall–Kier alpha value is -1.06. The second-order valence-electron chi connectivity index (χ2n) is 5.88. The number of aryl methyl sites for hydroxylation is 1. The normalized spacial score (nSPS) is 23.7. The van der Waals surface area contributed by atoms with Gasteiger partial charge in [-0.25, -0.2) is 0 Å². The molecule has 1 aliphatic heterocycles. The topological polar surface area (TPSA) is 24.5 Å². The highest BCUT2D eigenvalue weighted by atomic mass is 16.5. The molecule has 1 aliphatic carbocycles. The van der Waals surface area contributed by atoms with E-state index in [1.165, 1.54) is 29.7 Å². The molecule has 0 spiro atoms. The average molecular weight is 260 g/mol. The number of hydrogen-bond donors (Lipinski definition) is 1. The summed E-state index contributed by atoms with van der Waals surface area (Å²) in [5, 5.41) is 3.59. The smallest absolute Gasteiger partial charge is 0.0668 e. The third-order valence-corrected chi connectivity index (χ3v) is 4.18. The van der Waals surface area contributed by atoms with Crippen LogP contribution >= 0.6 is 0 Å². The Bertz CT molecular complexity index is 442. The van der Waals surface area contributed by atoms with Crippen molar-refractivity contribution in [2.45, 2.75) is 45.3 Å². The van der Waals surface area contributed by atoms with E-state index in [9.17, 15) is 0 Å². The zero-order valence-corrected chi connectivity index (χ0v) is 12.0. The number of morpholine rings is 1. The van der Waals surface area contributed by atoms with Gasteiger partial charge in [-0.05, 0) is 49.9 Å². The maximum atomic E-state index is 5.51. The zero-order valence-electron chi connectivity index (χ0n) is 12.0. The van der Waals surface area contributed by atoms with Crippen LogP contribution in [0.1, 0.15) is 30.9 Å². The van der Waals surface area contributed by atoms with E-state index in [2.05, 4.69) is 42.3 Å². The first-order valence-electron chi connectivity index (χ1n) is 7.41. The Kier molecular flexibility index (Phi) is 3.76. The van der Waals surface area contributed by atoms with Crippen LogP contribution in [0.15, 0.2) is 18.2 Å². The summed E-state index contributed by atoms with van der Waals surface area (Å²) >= 11 is 0. The Labute approximate surface area is 115 Å². The minimum Gasteiger partial charge on any atom is -0.377 e. The quantitative estimate of drug-likeness (QED) is 0.900. The molecule has 1 N–H and O–H groups in total. The minimum atomic E-state index is 0.476. The van der Waals surface area contributed by atoms with E-state index in [0.29, 0.717) is 6.04 Å². The molecular weight excluding hydrogens is 236 g/mol. The van der Waals surface area contributed by atoms with E-state index in [-0.39, 0.29) is 0 Å². The Morgan fingerprint density at radius 1 is 1.37 bits per heavy atom. The van der Waals surface area contributed by atoms with Crippen molar-refractivity contribution in [2.24, 2.45) is 0 Å². The summed E-state index contributed by atoms with van der Waals surface area (Å²) < 4.78 is 5.51. The number of nitrogens with zero attached hydrogens (tertiary/aromatic N) is 1. The number of benzene rings is 1. The van der Waals surface area contributed by atoms with Crippen LogP contribution in [0, 0.1) is 6.92 Å². The lowest BCUT2D eigenvalue weighted by atomic mass is 10.1. The number of rotatable bonds is 4. The van der Waals surface area contributed by atoms with Gasteiger partial charge in [0, 0.05) is 30.9 Å². The fraction of sp³-hybridized carbons (Fsp3) is 0.625. The van der Waals surface area contributed by atoms with Crippen LogP contribution in [0.5, 0.6) is 0 Å². The molecule has 1 unspecified atom stereocenters. The van der Waals surface area contributed by atoms with Crippen molar-refractivity contribution in [2.75, 3.05) is 24.7 Å². The molecule has 0 radical (unpaired) electrons. The van der Waals surface area contributed by atoms with Gasteiger partial charge in [0.25, 0.3) is 0 Å². The van der Waals surface area contributed by atoms with Crippen molar-refractivity contribution in [3.05, 3.63) is 29.3 Å². The summed E-state index contributed by atoms with van der Waals surface area (Å²) in [6, 6.07) is 8.12. The van der Waals surface area contributed by atoms with Crippen LogP contribution in [0.4, 0.5) is 5.69 Å². The standard InChI is InChI=1S/C16H24N2O/c1-12-9-16(18-7-8-19-11-13(18)2)6-3-14(12)10-17-15-4-5-15/h3,6,9,13,15,17H,4-5,7-8,10-11H2,1-2H3. The molecule has 3 heteroatoms. The number of ether oxygens (including phenoxy) is 1. The fourth-order valence-electron chi connectivity index (χ4n) is 2.71. The molecule has 1 heterocycles. The van der Waals surface area contributed by atoms with E-state index in [0.717, 1.165) is 32.3 Å². The van der Waals surface area contributed by atoms with Crippen LogP contribution < -0.4 is 10.2 Å². The molecule has 1 aromatic carbocycles. The highest BCUT2D eigenvalue weighted by Gasteiger charge is 2.21. The predicted octanol–water partition coefficient (Wildman–Crippen LogP) is 2.47. The first-order valence-corrected chi connectivity index (χ1v) is 7.41. The van der Waals surface area contributed by atoms with Gasteiger partial charge in [0.05, 0.1) is 13.2 Å². The molecule has 1 saturated heterocycles. The second kappa shape index (κ2) is 5.51.